The molecule has 0 bridgehead atoms. The van der Waals surface area contributed by atoms with Gasteiger partial charge in [-0.05, 0) is 6.92 Å². The summed E-state index contributed by atoms with van der Waals surface area (Å²) in [5.74, 6) is 0.389. The van der Waals surface area contributed by atoms with E-state index in [2.05, 4.69) is 9.97 Å². The van der Waals surface area contributed by atoms with Crippen molar-refractivity contribution in [2.24, 2.45) is 0 Å². The van der Waals surface area contributed by atoms with Crippen molar-refractivity contribution in [2.45, 2.75) is 6.92 Å². The molecule has 1 aromatic heterocycles. The van der Waals surface area contributed by atoms with Gasteiger partial charge in [0.1, 0.15) is 11.0 Å². The number of hydrogen-bond donors (Lipinski definition) is 0. The van der Waals surface area contributed by atoms with Crippen molar-refractivity contribution in [1.29, 1.82) is 0 Å². The highest BCUT2D eigenvalue weighted by molar-refractivity contribution is 6.33. The van der Waals surface area contributed by atoms with Crippen molar-refractivity contribution in [1.82, 2.24) is 9.97 Å². The average molecular weight is 233 g/mol. The zero-order chi connectivity index (χ0) is 11.5. The van der Waals surface area contributed by atoms with E-state index in [1.807, 2.05) is 6.07 Å². The molecule has 0 aliphatic heterocycles. The molecule has 0 aliphatic rings. The van der Waals surface area contributed by atoms with Crippen LogP contribution < -0.4 is 0 Å². The summed E-state index contributed by atoms with van der Waals surface area (Å²) in [7, 11) is 0. The highest BCUT2D eigenvalue weighted by atomic mass is 35.5. The number of benzene rings is 1. The molecule has 0 saturated heterocycles. The molecular weight excluding hydrogens is 224 g/mol. The minimum atomic E-state index is -0.161. The number of carbonyl (C=O) groups is 1. The molecule has 80 valence electrons. The highest BCUT2D eigenvalue weighted by Gasteiger charge is 2.13. The van der Waals surface area contributed by atoms with Crippen LogP contribution in [0.1, 0.15) is 21.7 Å². The lowest BCUT2D eigenvalue weighted by Crippen LogP contribution is -2.04. The summed E-state index contributed by atoms with van der Waals surface area (Å²) in [6.07, 6.45) is 1.46. The monoisotopic (exact) mass is 232 g/mol. The molecule has 0 amide bonds. The van der Waals surface area contributed by atoms with Gasteiger partial charge in [-0.2, -0.15) is 0 Å². The highest BCUT2D eigenvalue weighted by Crippen LogP contribution is 2.16. The van der Waals surface area contributed by atoms with Gasteiger partial charge >= 0.3 is 0 Å². The van der Waals surface area contributed by atoms with Gasteiger partial charge in [0.25, 0.3) is 0 Å². The third-order valence-electron chi connectivity index (χ3n) is 2.14. The summed E-state index contributed by atoms with van der Waals surface area (Å²) in [5.41, 5.74) is 0.912. The predicted octanol–water partition coefficient (Wildman–Crippen LogP) is 2.67. The summed E-state index contributed by atoms with van der Waals surface area (Å²) in [6, 6.07) is 8.92. The van der Waals surface area contributed by atoms with Gasteiger partial charge in [0, 0.05) is 11.8 Å². The first kappa shape index (κ1) is 10.8. The maximum absolute atomic E-state index is 12.0. The molecule has 0 atom stereocenters. The van der Waals surface area contributed by atoms with Gasteiger partial charge in [-0.15, -0.1) is 0 Å². The Kier molecular flexibility index (Phi) is 2.97. The molecule has 3 nitrogen and oxygen atoms in total. The maximum atomic E-state index is 12.0. The third-order valence-corrected chi connectivity index (χ3v) is 2.43. The summed E-state index contributed by atoms with van der Waals surface area (Å²) < 4.78 is 0. The van der Waals surface area contributed by atoms with Crippen LogP contribution in [-0.4, -0.2) is 15.8 Å². The van der Waals surface area contributed by atoms with Gasteiger partial charge in [0.2, 0.25) is 0 Å². The van der Waals surface area contributed by atoms with E-state index in [4.69, 9.17) is 11.6 Å². The molecule has 0 N–H and O–H groups in total. The molecule has 4 heteroatoms. The minimum absolute atomic E-state index is 0.161. The Balaban J connectivity index is 2.42. The second-order valence-electron chi connectivity index (χ2n) is 3.32. The zero-order valence-electron chi connectivity index (χ0n) is 8.64. The Morgan fingerprint density at radius 3 is 2.56 bits per heavy atom. The van der Waals surface area contributed by atoms with Crippen LogP contribution in [-0.2, 0) is 0 Å². The molecule has 2 rings (SSSR count). The zero-order valence-corrected chi connectivity index (χ0v) is 9.40. The van der Waals surface area contributed by atoms with Crippen LogP contribution in [0.3, 0.4) is 0 Å². The maximum Gasteiger partial charge on any atom is 0.197 e. The number of halogens is 1. The van der Waals surface area contributed by atoms with Crippen LogP contribution in [0.25, 0.3) is 0 Å². The normalized spacial score (nSPS) is 10.1. The lowest BCUT2D eigenvalue weighted by atomic mass is 10.1. The summed E-state index contributed by atoms with van der Waals surface area (Å²) in [4.78, 5) is 19.9. The van der Waals surface area contributed by atoms with E-state index >= 15 is 0 Å². The number of nitrogens with zero attached hydrogens (tertiary/aromatic N) is 2. The van der Waals surface area contributed by atoms with Crippen LogP contribution in [0.4, 0.5) is 0 Å². The molecule has 0 aliphatic carbocycles. The molecule has 2 aromatic rings. The van der Waals surface area contributed by atoms with Gasteiger partial charge in [0.05, 0.1) is 5.56 Å². The van der Waals surface area contributed by atoms with Crippen LogP contribution in [0.2, 0.25) is 5.15 Å². The summed E-state index contributed by atoms with van der Waals surface area (Å²) in [6.45, 7) is 1.72. The van der Waals surface area contributed by atoms with Gasteiger partial charge in [-0.3, -0.25) is 4.79 Å². The predicted molar refractivity (Wildman–Crippen MR) is 61.7 cm³/mol. The van der Waals surface area contributed by atoms with Crippen molar-refractivity contribution in [3.05, 3.63) is 58.6 Å². The van der Waals surface area contributed by atoms with E-state index in [0.717, 1.165) is 0 Å². The smallest absolute Gasteiger partial charge is 0.197 e. The second-order valence-corrected chi connectivity index (χ2v) is 3.67. The van der Waals surface area contributed by atoms with Crippen LogP contribution in [0.5, 0.6) is 0 Å². The Hall–Kier alpha value is -1.74. The lowest BCUT2D eigenvalue weighted by molar-refractivity contribution is 0.103. The Morgan fingerprint density at radius 2 is 1.94 bits per heavy atom. The SMILES string of the molecule is Cc1ncc(C(=O)c2ccccc2)c(Cl)n1. The topological polar surface area (TPSA) is 42.9 Å². The quantitative estimate of drug-likeness (QED) is 0.591. The second kappa shape index (κ2) is 4.41. The fourth-order valence-corrected chi connectivity index (χ4v) is 1.60. The minimum Gasteiger partial charge on any atom is -0.288 e. The van der Waals surface area contributed by atoms with Gasteiger partial charge in [-0.1, -0.05) is 41.9 Å². The Labute approximate surface area is 98.1 Å². The number of aromatic nitrogens is 2. The number of ketones is 1. The van der Waals surface area contributed by atoms with Crippen molar-refractivity contribution in [3.8, 4) is 0 Å². The molecule has 0 saturated carbocycles. The van der Waals surface area contributed by atoms with E-state index in [9.17, 15) is 4.79 Å². The first-order chi connectivity index (χ1) is 7.68. The van der Waals surface area contributed by atoms with E-state index in [0.29, 0.717) is 17.0 Å². The van der Waals surface area contributed by atoms with Gasteiger partial charge < -0.3 is 0 Å². The molecule has 0 spiro atoms. The standard InChI is InChI=1S/C12H9ClN2O/c1-8-14-7-10(12(13)15-8)11(16)9-5-3-2-4-6-9/h2-7H,1H3. The van der Waals surface area contributed by atoms with E-state index in [1.165, 1.54) is 6.20 Å². The summed E-state index contributed by atoms with van der Waals surface area (Å²) in [5, 5.41) is 0.196. The third kappa shape index (κ3) is 2.09. The Morgan fingerprint density at radius 1 is 1.25 bits per heavy atom. The van der Waals surface area contributed by atoms with Crippen LogP contribution in [0.15, 0.2) is 36.5 Å². The first-order valence-electron chi connectivity index (χ1n) is 4.77. The van der Waals surface area contributed by atoms with E-state index in [-0.39, 0.29) is 10.9 Å². The first-order valence-corrected chi connectivity index (χ1v) is 5.15. The molecule has 16 heavy (non-hydrogen) atoms. The largest absolute Gasteiger partial charge is 0.288 e. The van der Waals surface area contributed by atoms with E-state index < -0.39 is 0 Å². The van der Waals surface area contributed by atoms with Crippen LogP contribution in [0, 0.1) is 6.92 Å². The fourth-order valence-electron chi connectivity index (χ4n) is 1.34. The van der Waals surface area contributed by atoms with Crippen molar-refractivity contribution in [2.75, 3.05) is 0 Å². The molecule has 0 fully saturated rings. The summed E-state index contributed by atoms with van der Waals surface area (Å²) >= 11 is 5.90. The van der Waals surface area contributed by atoms with Crippen molar-refractivity contribution < 1.29 is 4.79 Å². The number of aryl methyl sites for hydroxylation is 1. The molecule has 1 aromatic carbocycles. The van der Waals surface area contributed by atoms with E-state index in [1.54, 1.807) is 31.2 Å². The molecule has 1 heterocycles. The number of hydrogen-bond acceptors (Lipinski definition) is 3. The van der Waals surface area contributed by atoms with Crippen molar-refractivity contribution >= 4 is 17.4 Å². The molecular formula is C12H9ClN2O. The number of carbonyl (C=O) groups excluding carboxylic acids is 1. The van der Waals surface area contributed by atoms with Gasteiger partial charge in [-0.25, -0.2) is 9.97 Å². The Bertz CT molecular complexity index is 526. The average Bonchev–Trinajstić information content (AvgIpc) is 2.29. The van der Waals surface area contributed by atoms with Crippen LogP contribution >= 0.6 is 11.6 Å². The molecule has 0 unspecified atom stereocenters. The number of rotatable bonds is 2. The van der Waals surface area contributed by atoms with Gasteiger partial charge in [0.15, 0.2) is 5.78 Å². The lowest BCUT2D eigenvalue weighted by Gasteiger charge is -2.02. The fraction of sp³-hybridized carbons (Fsp3) is 0.0833. The molecule has 0 radical (unpaired) electrons. The van der Waals surface area contributed by atoms with Crippen molar-refractivity contribution in [3.63, 3.8) is 0 Å².